The van der Waals surface area contributed by atoms with E-state index in [-0.39, 0.29) is 5.78 Å². The maximum Gasteiger partial charge on any atom is 0.199 e. The number of H-pyrrole nitrogens is 1. The number of aryl methyl sites for hydroxylation is 1. The Morgan fingerprint density at radius 1 is 1.19 bits per heavy atom. The molecule has 21 heavy (non-hydrogen) atoms. The number of benzene rings is 2. The minimum absolute atomic E-state index is 0.0678. The van der Waals surface area contributed by atoms with E-state index < -0.39 is 0 Å². The maximum atomic E-state index is 12.9. The molecule has 106 valence electrons. The Kier molecular flexibility index (Phi) is 3.14. The number of carbonyl (C=O) groups is 1. The Morgan fingerprint density at radius 3 is 2.71 bits per heavy atom. The summed E-state index contributed by atoms with van der Waals surface area (Å²) in [6.45, 7) is 1.90. The van der Waals surface area contributed by atoms with Gasteiger partial charge in [-0.1, -0.05) is 18.2 Å². The average molecular weight is 280 g/mol. The normalized spacial score (nSPS) is 10.8. The molecule has 1 heterocycles. The van der Waals surface area contributed by atoms with Crippen LogP contribution in [0.25, 0.3) is 10.9 Å². The van der Waals surface area contributed by atoms with E-state index in [0.717, 1.165) is 16.6 Å². The Balaban J connectivity index is 2.19. The zero-order valence-electron chi connectivity index (χ0n) is 11.9. The van der Waals surface area contributed by atoms with Crippen LogP contribution >= 0.6 is 0 Å². The summed E-state index contributed by atoms with van der Waals surface area (Å²) in [5.41, 5.74) is 9.30. The number of hydrogen-bond acceptors (Lipinski definition) is 3. The van der Waals surface area contributed by atoms with Crippen LogP contribution in [0.2, 0.25) is 0 Å². The van der Waals surface area contributed by atoms with Crippen LogP contribution in [0, 0.1) is 6.92 Å². The van der Waals surface area contributed by atoms with Crippen molar-refractivity contribution < 1.29 is 9.53 Å². The van der Waals surface area contributed by atoms with Crippen molar-refractivity contribution in [2.75, 3.05) is 12.8 Å². The van der Waals surface area contributed by atoms with Gasteiger partial charge in [0.1, 0.15) is 5.75 Å². The largest absolute Gasteiger partial charge is 0.496 e. The molecule has 0 aliphatic carbocycles. The van der Waals surface area contributed by atoms with E-state index in [9.17, 15) is 4.79 Å². The Hall–Kier alpha value is -2.75. The third kappa shape index (κ3) is 2.14. The van der Waals surface area contributed by atoms with E-state index >= 15 is 0 Å². The molecule has 3 N–H and O–H groups in total. The van der Waals surface area contributed by atoms with Gasteiger partial charge in [-0.2, -0.15) is 0 Å². The van der Waals surface area contributed by atoms with Crippen LogP contribution in [0.1, 0.15) is 21.6 Å². The van der Waals surface area contributed by atoms with E-state index in [1.807, 2.05) is 31.2 Å². The minimum Gasteiger partial charge on any atom is -0.496 e. The van der Waals surface area contributed by atoms with Gasteiger partial charge in [0.05, 0.1) is 18.2 Å². The monoisotopic (exact) mass is 280 g/mol. The lowest BCUT2D eigenvalue weighted by Crippen LogP contribution is -2.05. The van der Waals surface area contributed by atoms with Gasteiger partial charge in [0, 0.05) is 28.4 Å². The summed E-state index contributed by atoms with van der Waals surface area (Å²) >= 11 is 0. The first-order chi connectivity index (χ1) is 10.1. The SMILES string of the molecule is COc1cc(N)ccc1C(=O)c1c(C)[nH]c2ccccc12. The van der Waals surface area contributed by atoms with Crippen LogP contribution in [0.5, 0.6) is 5.75 Å². The lowest BCUT2D eigenvalue weighted by atomic mass is 9.99. The number of ketones is 1. The number of nitrogens with one attached hydrogen (secondary N) is 1. The van der Waals surface area contributed by atoms with Crippen LogP contribution in [-0.2, 0) is 0 Å². The van der Waals surface area contributed by atoms with Gasteiger partial charge >= 0.3 is 0 Å². The maximum absolute atomic E-state index is 12.9. The predicted octanol–water partition coefficient (Wildman–Crippen LogP) is 3.30. The van der Waals surface area contributed by atoms with Crippen molar-refractivity contribution in [1.82, 2.24) is 4.98 Å². The van der Waals surface area contributed by atoms with Gasteiger partial charge in [0.2, 0.25) is 0 Å². The molecular weight excluding hydrogens is 264 g/mol. The van der Waals surface area contributed by atoms with Gasteiger partial charge in [0.15, 0.2) is 5.78 Å². The molecule has 4 nitrogen and oxygen atoms in total. The first-order valence-corrected chi connectivity index (χ1v) is 6.67. The Bertz CT molecular complexity index is 834. The van der Waals surface area contributed by atoms with Crippen molar-refractivity contribution in [3.05, 3.63) is 59.3 Å². The number of carbonyl (C=O) groups excluding carboxylic acids is 1. The Labute approximate surface area is 122 Å². The van der Waals surface area contributed by atoms with Crippen LogP contribution in [0.15, 0.2) is 42.5 Å². The average Bonchev–Trinajstić information content (AvgIpc) is 2.82. The fourth-order valence-corrected chi connectivity index (χ4v) is 2.60. The fraction of sp³-hybridized carbons (Fsp3) is 0.118. The summed E-state index contributed by atoms with van der Waals surface area (Å²) in [6.07, 6.45) is 0. The first kappa shape index (κ1) is 13.2. The molecule has 3 rings (SSSR count). The summed E-state index contributed by atoms with van der Waals surface area (Å²) in [5, 5.41) is 0.916. The van der Waals surface area contributed by atoms with Gasteiger partial charge in [-0.05, 0) is 25.1 Å². The topological polar surface area (TPSA) is 68.1 Å². The molecular formula is C17H16N2O2. The van der Waals surface area contributed by atoms with Gasteiger partial charge < -0.3 is 15.5 Å². The highest BCUT2D eigenvalue weighted by atomic mass is 16.5. The van der Waals surface area contributed by atoms with E-state index in [0.29, 0.717) is 22.6 Å². The predicted molar refractivity (Wildman–Crippen MR) is 83.9 cm³/mol. The second-order valence-electron chi connectivity index (χ2n) is 4.96. The lowest BCUT2D eigenvalue weighted by molar-refractivity contribution is 0.103. The highest BCUT2D eigenvalue weighted by Gasteiger charge is 2.20. The minimum atomic E-state index is -0.0678. The summed E-state index contributed by atoms with van der Waals surface area (Å²) in [4.78, 5) is 16.1. The van der Waals surface area contributed by atoms with Gasteiger partial charge in [0.25, 0.3) is 0 Å². The van der Waals surface area contributed by atoms with Crippen molar-refractivity contribution in [2.24, 2.45) is 0 Å². The van der Waals surface area contributed by atoms with E-state index in [1.54, 1.807) is 18.2 Å². The highest BCUT2D eigenvalue weighted by Crippen LogP contribution is 2.29. The van der Waals surface area contributed by atoms with Crippen LogP contribution in [0.3, 0.4) is 0 Å². The molecule has 0 bridgehead atoms. The van der Waals surface area contributed by atoms with Crippen LogP contribution in [0.4, 0.5) is 5.69 Å². The number of nitrogen functional groups attached to an aromatic ring is 1. The third-order valence-electron chi connectivity index (χ3n) is 3.59. The second kappa shape index (κ2) is 4.98. The van der Waals surface area contributed by atoms with Crippen molar-refractivity contribution in [1.29, 1.82) is 0 Å². The van der Waals surface area contributed by atoms with Crippen molar-refractivity contribution in [3.8, 4) is 5.75 Å². The number of rotatable bonds is 3. The molecule has 1 aromatic heterocycles. The van der Waals surface area contributed by atoms with Crippen molar-refractivity contribution >= 4 is 22.4 Å². The number of nitrogens with two attached hydrogens (primary N) is 1. The molecule has 0 fully saturated rings. The molecule has 0 saturated carbocycles. The number of para-hydroxylation sites is 1. The molecule has 0 amide bonds. The molecule has 4 heteroatoms. The molecule has 0 spiro atoms. The molecule has 2 aromatic carbocycles. The number of hydrogen-bond donors (Lipinski definition) is 2. The Morgan fingerprint density at radius 2 is 1.95 bits per heavy atom. The van der Waals surface area contributed by atoms with Crippen LogP contribution < -0.4 is 10.5 Å². The van der Waals surface area contributed by atoms with Gasteiger partial charge in [-0.15, -0.1) is 0 Å². The molecule has 0 saturated heterocycles. The quantitative estimate of drug-likeness (QED) is 0.571. The summed E-state index contributed by atoms with van der Waals surface area (Å²) < 4.78 is 5.29. The molecule has 0 aliphatic rings. The highest BCUT2D eigenvalue weighted by molar-refractivity contribution is 6.18. The zero-order chi connectivity index (χ0) is 15.0. The fourth-order valence-electron chi connectivity index (χ4n) is 2.60. The molecule has 3 aromatic rings. The van der Waals surface area contributed by atoms with Crippen molar-refractivity contribution in [3.63, 3.8) is 0 Å². The van der Waals surface area contributed by atoms with Crippen LogP contribution in [-0.4, -0.2) is 17.9 Å². The standard InChI is InChI=1S/C17H16N2O2/c1-10-16(12-5-3-4-6-14(12)19-10)17(20)13-8-7-11(18)9-15(13)21-2/h3-9,19H,18H2,1-2H3. The number of methoxy groups -OCH3 is 1. The summed E-state index contributed by atoms with van der Waals surface area (Å²) in [6, 6.07) is 12.8. The smallest absolute Gasteiger partial charge is 0.199 e. The van der Waals surface area contributed by atoms with Gasteiger partial charge in [-0.25, -0.2) is 0 Å². The number of fused-ring (bicyclic) bond motifs is 1. The van der Waals surface area contributed by atoms with E-state index in [4.69, 9.17) is 10.5 Å². The number of aromatic nitrogens is 1. The first-order valence-electron chi connectivity index (χ1n) is 6.67. The van der Waals surface area contributed by atoms with E-state index in [1.165, 1.54) is 7.11 Å². The van der Waals surface area contributed by atoms with Crippen molar-refractivity contribution in [2.45, 2.75) is 6.92 Å². The number of anilines is 1. The second-order valence-corrected chi connectivity index (χ2v) is 4.96. The van der Waals surface area contributed by atoms with E-state index in [2.05, 4.69) is 4.98 Å². The summed E-state index contributed by atoms with van der Waals surface area (Å²) in [7, 11) is 1.54. The molecule has 0 unspecified atom stereocenters. The van der Waals surface area contributed by atoms with Gasteiger partial charge in [-0.3, -0.25) is 4.79 Å². The lowest BCUT2D eigenvalue weighted by Gasteiger charge is -2.08. The summed E-state index contributed by atoms with van der Waals surface area (Å²) in [5.74, 6) is 0.423. The number of ether oxygens (including phenoxy) is 1. The zero-order valence-corrected chi connectivity index (χ0v) is 11.9. The molecule has 0 aliphatic heterocycles. The molecule has 0 radical (unpaired) electrons. The molecule has 0 atom stereocenters. The number of aromatic amines is 1. The third-order valence-corrected chi connectivity index (χ3v) is 3.59.